The Morgan fingerprint density at radius 3 is 2.19 bits per heavy atom. The molecule has 0 radical (unpaired) electrons. The molecule has 0 unspecified atom stereocenters. The first-order valence-electron chi connectivity index (χ1n) is 12.1. The summed E-state index contributed by atoms with van der Waals surface area (Å²) in [6.07, 6.45) is 4.07. The topological polar surface area (TPSA) is 25.8 Å². The van der Waals surface area contributed by atoms with Gasteiger partial charge in [0, 0.05) is 24.2 Å². The second kappa shape index (κ2) is 11.1. The van der Waals surface area contributed by atoms with Crippen LogP contribution in [0.15, 0.2) is 60.9 Å². The van der Waals surface area contributed by atoms with E-state index in [0.717, 1.165) is 53.5 Å². The zero-order valence-corrected chi connectivity index (χ0v) is 20.0. The van der Waals surface area contributed by atoms with Crippen molar-refractivity contribution in [3.05, 3.63) is 106 Å². The molecule has 0 N–H and O–H groups in total. The second-order valence-corrected chi connectivity index (χ2v) is 8.96. The molecule has 0 saturated carbocycles. The monoisotopic (exact) mass is 498 g/mol. The van der Waals surface area contributed by atoms with Crippen molar-refractivity contribution in [2.75, 3.05) is 0 Å². The Morgan fingerprint density at radius 2 is 1.50 bits per heavy atom. The molecule has 7 heteroatoms. The third kappa shape index (κ3) is 6.07. The van der Waals surface area contributed by atoms with Gasteiger partial charge in [0.1, 0.15) is 17.5 Å². The summed E-state index contributed by atoms with van der Waals surface area (Å²) in [7, 11) is 0. The van der Waals surface area contributed by atoms with Crippen molar-refractivity contribution < 1.29 is 22.0 Å². The number of nitrogens with zero attached hydrogens (tertiary/aromatic N) is 2. The molecule has 3 aromatic carbocycles. The van der Waals surface area contributed by atoms with Gasteiger partial charge in [-0.15, -0.1) is 0 Å². The van der Waals surface area contributed by atoms with E-state index in [1.807, 2.05) is 24.5 Å². The van der Waals surface area contributed by atoms with E-state index in [1.54, 1.807) is 12.1 Å². The third-order valence-electron chi connectivity index (χ3n) is 6.42. The molecule has 36 heavy (non-hydrogen) atoms. The fourth-order valence-corrected chi connectivity index (χ4v) is 4.44. The molecule has 0 saturated heterocycles. The maximum atomic E-state index is 14.5. The van der Waals surface area contributed by atoms with Gasteiger partial charge in [-0.25, -0.2) is 18.7 Å². The van der Waals surface area contributed by atoms with Gasteiger partial charge in [0.05, 0.1) is 5.56 Å². The highest BCUT2D eigenvalue weighted by Crippen LogP contribution is 2.32. The lowest BCUT2D eigenvalue weighted by molar-refractivity contribution is -0.140. The largest absolute Gasteiger partial charge is 0.419 e. The van der Waals surface area contributed by atoms with E-state index in [4.69, 9.17) is 0 Å². The molecule has 0 atom stereocenters. The lowest BCUT2D eigenvalue weighted by Gasteiger charge is -2.15. The van der Waals surface area contributed by atoms with Gasteiger partial charge >= 0.3 is 6.18 Å². The van der Waals surface area contributed by atoms with Gasteiger partial charge in [0.15, 0.2) is 0 Å². The molecule has 0 fully saturated rings. The smallest absolute Gasteiger partial charge is 0.241 e. The maximum absolute atomic E-state index is 14.5. The molecule has 2 nitrogen and oxygen atoms in total. The van der Waals surface area contributed by atoms with Crippen LogP contribution < -0.4 is 0 Å². The molecule has 0 aliphatic rings. The molecule has 0 amide bonds. The van der Waals surface area contributed by atoms with Crippen LogP contribution in [0.5, 0.6) is 0 Å². The SMILES string of the molecule is CCCCc1cnc(CCc2ccc3c(F)cccc3c2CCc2ccc(C(F)(F)F)c(F)c2)nc1. The number of unbranched alkanes of at least 4 members (excludes halogenated alkanes) is 1. The minimum absolute atomic E-state index is 0.320. The summed E-state index contributed by atoms with van der Waals surface area (Å²) >= 11 is 0. The van der Waals surface area contributed by atoms with Crippen molar-refractivity contribution in [3.63, 3.8) is 0 Å². The Balaban J connectivity index is 1.57. The molecule has 4 aromatic rings. The van der Waals surface area contributed by atoms with Gasteiger partial charge in [-0.05, 0) is 77.9 Å². The van der Waals surface area contributed by atoms with Crippen molar-refractivity contribution in [3.8, 4) is 0 Å². The fraction of sp³-hybridized carbons (Fsp3) is 0.310. The van der Waals surface area contributed by atoms with Crippen molar-refractivity contribution in [1.82, 2.24) is 9.97 Å². The van der Waals surface area contributed by atoms with Crippen LogP contribution in [0, 0.1) is 11.6 Å². The Morgan fingerprint density at radius 1 is 0.722 bits per heavy atom. The first-order chi connectivity index (χ1) is 17.3. The van der Waals surface area contributed by atoms with Gasteiger partial charge in [0.25, 0.3) is 0 Å². The molecular weight excluding hydrogens is 471 g/mol. The number of benzene rings is 3. The van der Waals surface area contributed by atoms with E-state index in [0.29, 0.717) is 42.5 Å². The van der Waals surface area contributed by atoms with Crippen LogP contribution in [0.1, 0.15) is 53.4 Å². The normalized spacial score (nSPS) is 11.8. The van der Waals surface area contributed by atoms with Gasteiger partial charge in [-0.1, -0.05) is 43.7 Å². The van der Waals surface area contributed by atoms with E-state index in [2.05, 4.69) is 16.9 Å². The average Bonchev–Trinajstić information content (AvgIpc) is 2.85. The zero-order valence-electron chi connectivity index (χ0n) is 20.0. The lowest BCUT2D eigenvalue weighted by Crippen LogP contribution is -2.08. The van der Waals surface area contributed by atoms with Crippen LogP contribution in [0.4, 0.5) is 22.0 Å². The molecule has 4 rings (SSSR count). The van der Waals surface area contributed by atoms with Crippen LogP contribution in [-0.4, -0.2) is 9.97 Å². The highest BCUT2D eigenvalue weighted by atomic mass is 19.4. The summed E-state index contributed by atoms with van der Waals surface area (Å²) in [4.78, 5) is 8.96. The molecular formula is C29H27F5N2. The Labute approximate surface area is 207 Å². The predicted octanol–water partition coefficient (Wildman–Crippen LogP) is 7.84. The number of hydrogen-bond donors (Lipinski definition) is 0. The van der Waals surface area contributed by atoms with E-state index in [9.17, 15) is 22.0 Å². The van der Waals surface area contributed by atoms with E-state index in [-0.39, 0.29) is 5.82 Å². The second-order valence-electron chi connectivity index (χ2n) is 8.96. The minimum Gasteiger partial charge on any atom is -0.241 e. The highest BCUT2D eigenvalue weighted by molar-refractivity contribution is 5.87. The molecule has 0 spiro atoms. The van der Waals surface area contributed by atoms with Crippen LogP contribution in [0.3, 0.4) is 0 Å². The van der Waals surface area contributed by atoms with Crippen LogP contribution >= 0.6 is 0 Å². The zero-order chi connectivity index (χ0) is 25.7. The quantitative estimate of drug-likeness (QED) is 0.220. The number of hydrogen-bond acceptors (Lipinski definition) is 2. The molecule has 188 valence electrons. The van der Waals surface area contributed by atoms with E-state index >= 15 is 0 Å². The summed E-state index contributed by atoms with van der Waals surface area (Å²) in [5.74, 6) is -0.916. The van der Waals surface area contributed by atoms with Gasteiger partial charge in [-0.3, -0.25) is 0 Å². The Kier molecular flexibility index (Phi) is 7.97. The number of rotatable bonds is 9. The maximum Gasteiger partial charge on any atom is 0.419 e. The molecule has 1 aromatic heterocycles. The predicted molar refractivity (Wildman–Crippen MR) is 131 cm³/mol. The van der Waals surface area contributed by atoms with E-state index in [1.165, 1.54) is 12.1 Å². The first-order valence-corrected chi connectivity index (χ1v) is 12.1. The third-order valence-corrected chi connectivity index (χ3v) is 6.42. The van der Waals surface area contributed by atoms with Crippen LogP contribution in [-0.2, 0) is 38.3 Å². The number of aryl methyl sites for hydroxylation is 5. The van der Waals surface area contributed by atoms with Crippen molar-refractivity contribution in [2.45, 2.75) is 58.0 Å². The number of aromatic nitrogens is 2. The molecule has 0 aliphatic carbocycles. The molecule has 0 aliphatic heterocycles. The van der Waals surface area contributed by atoms with Gasteiger partial charge in [-0.2, -0.15) is 13.2 Å². The summed E-state index contributed by atoms with van der Waals surface area (Å²) in [6.45, 7) is 2.14. The number of fused-ring (bicyclic) bond motifs is 1. The summed E-state index contributed by atoms with van der Waals surface area (Å²) in [5, 5.41) is 1.22. The molecule has 1 heterocycles. The highest BCUT2D eigenvalue weighted by Gasteiger charge is 2.33. The van der Waals surface area contributed by atoms with Crippen molar-refractivity contribution >= 4 is 10.8 Å². The van der Waals surface area contributed by atoms with Crippen LogP contribution in [0.2, 0.25) is 0 Å². The van der Waals surface area contributed by atoms with Crippen molar-refractivity contribution in [1.29, 1.82) is 0 Å². The minimum atomic E-state index is -4.74. The summed E-state index contributed by atoms with van der Waals surface area (Å²) in [5.41, 5.74) is 2.16. The van der Waals surface area contributed by atoms with Crippen LogP contribution in [0.25, 0.3) is 10.8 Å². The average molecular weight is 499 g/mol. The first kappa shape index (κ1) is 25.7. The Hall–Kier alpha value is -3.35. The van der Waals surface area contributed by atoms with Crippen molar-refractivity contribution in [2.24, 2.45) is 0 Å². The fourth-order valence-electron chi connectivity index (χ4n) is 4.44. The van der Waals surface area contributed by atoms with E-state index < -0.39 is 17.6 Å². The summed E-state index contributed by atoms with van der Waals surface area (Å²) < 4.78 is 67.3. The molecule has 0 bridgehead atoms. The summed E-state index contributed by atoms with van der Waals surface area (Å²) in [6, 6.07) is 11.5. The number of alkyl halides is 3. The van der Waals surface area contributed by atoms with Gasteiger partial charge in [0.2, 0.25) is 0 Å². The van der Waals surface area contributed by atoms with Gasteiger partial charge < -0.3 is 0 Å². The number of halogens is 5. The Bertz CT molecular complexity index is 1330. The lowest BCUT2D eigenvalue weighted by atomic mass is 9.91. The standard InChI is InChI=1S/C29H27F5N2/c1-2-3-5-20-17-35-28(36-18-20)15-11-21-10-13-24-23(6-4-7-26(24)30)22(21)12-8-19-9-14-25(27(31)16-19)29(32,33)34/h4,6-7,9-10,13-14,16-18H,2-3,5,8,11-12,15H2,1H3.